The fraction of sp³-hybridized carbons (Fsp3) is 0.909. The summed E-state index contributed by atoms with van der Waals surface area (Å²) in [4.78, 5) is 11.3. The van der Waals surface area contributed by atoms with Gasteiger partial charge < -0.3 is 9.47 Å². The van der Waals surface area contributed by atoms with E-state index in [1.165, 1.54) is 20.0 Å². The molecule has 14 heavy (non-hydrogen) atoms. The summed E-state index contributed by atoms with van der Waals surface area (Å²) in [5.74, 6) is -0.215. The van der Waals surface area contributed by atoms with Crippen molar-refractivity contribution >= 4 is 5.97 Å². The quantitative estimate of drug-likeness (QED) is 0.469. The van der Waals surface area contributed by atoms with Crippen molar-refractivity contribution in [3.63, 3.8) is 0 Å². The van der Waals surface area contributed by atoms with Crippen molar-refractivity contribution in [1.29, 1.82) is 0 Å². The highest BCUT2D eigenvalue weighted by atomic mass is 16.5. The van der Waals surface area contributed by atoms with Crippen LogP contribution < -0.4 is 0 Å². The Hall–Kier alpha value is -0.570. The summed E-state index contributed by atoms with van der Waals surface area (Å²) in [6.45, 7) is 6.98. The first-order valence-corrected chi connectivity index (χ1v) is 5.20. The van der Waals surface area contributed by atoms with E-state index < -0.39 is 5.41 Å². The molecule has 0 spiro atoms. The van der Waals surface area contributed by atoms with Gasteiger partial charge >= 0.3 is 5.97 Å². The number of hydrogen-bond donors (Lipinski definition) is 0. The van der Waals surface area contributed by atoms with E-state index >= 15 is 0 Å². The smallest absolute Gasteiger partial charge is 0.313 e. The maximum absolute atomic E-state index is 11.3. The number of rotatable bonds is 7. The van der Waals surface area contributed by atoms with E-state index in [0.717, 1.165) is 13.0 Å². The van der Waals surface area contributed by atoms with E-state index in [1.807, 2.05) is 13.8 Å². The molecule has 0 unspecified atom stereocenters. The van der Waals surface area contributed by atoms with Crippen LogP contribution in [0.3, 0.4) is 0 Å². The van der Waals surface area contributed by atoms with Gasteiger partial charge in [0, 0.05) is 6.61 Å². The summed E-state index contributed by atoms with van der Waals surface area (Å²) in [7, 11) is 1.40. The lowest BCUT2D eigenvalue weighted by Crippen LogP contribution is -2.30. The van der Waals surface area contributed by atoms with E-state index in [-0.39, 0.29) is 5.97 Å². The third-order valence-electron chi connectivity index (χ3n) is 2.09. The average molecular weight is 202 g/mol. The molecule has 0 rings (SSSR count). The molecule has 0 fully saturated rings. The monoisotopic (exact) mass is 202 g/mol. The second kappa shape index (κ2) is 6.82. The number of carbonyl (C=O) groups is 1. The largest absolute Gasteiger partial charge is 0.469 e. The van der Waals surface area contributed by atoms with Crippen LogP contribution in [0.25, 0.3) is 0 Å². The SMILES string of the molecule is CCCCCOCC(C)(C)C(=O)OC. The molecule has 0 radical (unpaired) electrons. The Morgan fingerprint density at radius 1 is 1.29 bits per heavy atom. The van der Waals surface area contributed by atoms with Crippen molar-refractivity contribution in [3.8, 4) is 0 Å². The highest BCUT2D eigenvalue weighted by Gasteiger charge is 2.28. The topological polar surface area (TPSA) is 35.5 Å². The number of ether oxygens (including phenoxy) is 2. The lowest BCUT2D eigenvalue weighted by Gasteiger charge is -2.20. The molecule has 0 bridgehead atoms. The molecule has 0 atom stereocenters. The van der Waals surface area contributed by atoms with Crippen molar-refractivity contribution in [2.24, 2.45) is 5.41 Å². The Kier molecular flexibility index (Phi) is 6.54. The van der Waals surface area contributed by atoms with Gasteiger partial charge in [-0.25, -0.2) is 0 Å². The zero-order valence-electron chi connectivity index (χ0n) is 9.76. The van der Waals surface area contributed by atoms with E-state index in [0.29, 0.717) is 6.61 Å². The number of hydrogen-bond acceptors (Lipinski definition) is 3. The summed E-state index contributed by atoms with van der Waals surface area (Å²) in [6.07, 6.45) is 3.43. The van der Waals surface area contributed by atoms with Crippen LogP contribution in [0.15, 0.2) is 0 Å². The van der Waals surface area contributed by atoms with Gasteiger partial charge in [0.1, 0.15) is 0 Å². The molecule has 0 aliphatic rings. The van der Waals surface area contributed by atoms with Gasteiger partial charge in [0.05, 0.1) is 19.1 Å². The first-order valence-electron chi connectivity index (χ1n) is 5.20. The molecular formula is C11H22O3. The van der Waals surface area contributed by atoms with Gasteiger partial charge in [0.25, 0.3) is 0 Å². The van der Waals surface area contributed by atoms with Crippen LogP contribution in [0.2, 0.25) is 0 Å². The van der Waals surface area contributed by atoms with Crippen LogP contribution >= 0.6 is 0 Å². The molecule has 0 aromatic heterocycles. The van der Waals surface area contributed by atoms with Gasteiger partial charge in [-0.2, -0.15) is 0 Å². The second-order valence-electron chi connectivity index (χ2n) is 4.14. The molecule has 0 aliphatic carbocycles. The van der Waals surface area contributed by atoms with Crippen LogP contribution in [-0.2, 0) is 14.3 Å². The Balaban J connectivity index is 3.60. The molecular weight excluding hydrogens is 180 g/mol. The van der Waals surface area contributed by atoms with Crippen LogP contribution in [0, 0.1) is 5.41 Å². The first-order chi connectivity index (χ1) is 6.54. The van der Waals surface area contributed by atoms with Gasteiger partial charge in [-0.3, -0.25) is 4.79 Å². The van der Waals surface area contributed by atoms with E-state index in [1.54, 1.807) is 0 Å². The number of methoxy groups -OCH3 is 1. The van der Waals surface area contributed by atoms with E-state index in [2.05, 4.69) is 11.7 Å². The summed E-state index contributed by atoms with van der Waals surface area (Å²) in [6, 6.07) is 0. The Labute approximate surface area is 86.8 Å². The maximum atomic E-state index is 11.3. The molecule has 0 aromatic carbocycles. The van der Waals surface area contributed by atoms with E-state index in [9.17, 15) is 4.79 Å². The summed E-state index contributed by atoms with van der Waals surface area (Å²) in [5.41, 5.74) is -0.527. The summed E-state index contributed by atoms with van der Waals surface area (Å²) in [5, 5.41) is 0. The van der Waals surface area contributed by atoms with Gasteiger partial charge in [0.2, 0.25) is 0 Å². The molecule has 0 saturated heterocycles. The Bertz CT molecular complexity index is 164. The standard InChI is InChI=1S/C11H22O3/c1-5-6-7-8-14-9-11(2,3)10(12)13-4/h5-9H2,1-4H3. The normalized spacial score (nSPS) is 11.4. The van der Waals surface area contributed by atoms with Crippen LogP contribution in [-0.4, -0.2) is 26.3 Å². The lowest BCUT2D eigenvalue weighted by molar-refractivity contribution is -0.154. The van der Waals surface area contributed by atoms with Crippen LogP contribution in [0.1, 0.15) is 40.0 Å². The van der Waals surface area contributed by atoms with Crippen molar-refractivity contribution < 1.29 is 14.3 Å². The lowest BCUT2D eigenvalue weighted by atomic mass is 9.95. The molecule has 0 aliphatic heterocycles. The minimum absolute atomic E-state index is 0.215. The van der Waals surface area contributed by atoms with Gasteiger partial charge in [-0.1, -0.05) is 19.8 Å². The van der Waals surface area contributed by atoms with Gasteiger partial charge in [-0.15, -0.1) is 0 Å². The molecule has 3 nitrogen and oxygen atoms in total. The first kappa shape index (κ1) is 13.4. The number of carbonyl (C=O) groups excluding carboxylic acids is 1. The zero-order chi connectivity index (χ0) is 11.0. The Morgan fingerprint density at radius 2 is 1.93 bits per heavy atom. The summed E-state index contributed by atoms with van der Waals surface area (Å²) >= 11 is 0. The molecule has 0 saturated carbocycles. The molecule has 0 heterocycles. The Morgan fingerprint density at radius 3 is 2.43 bits per heavy atom. The predicted octanol–water partition coefficient (Wildman–Crippen LogP) is 2.39. The maximum Gasteiger partial charge on any atom is 0.313 e. The minimum Gasteiger partial charge on any atom is -0.469 e. The zero-order valence-corrected chi connectivity index (χ0v) is 9.76. The molecule has 84 valence electrons. The van der Waals surface area contributed by atoms with Gasteiger partial charge in [0.15, 0.2) is 0 Å². The van der Waals surface area contributed by atoms with Crippen molar-refractivity contribution in [1.82, 2.24) is 0 Å². The third kappa shape index (κ3) is 5.22. The van der Waals surface area contributed by atoms with E-state index in [4.69, 9.17) is 4.74 Å². The van der Waals surface area contributed by atoms with Crippen LogP contribution in [0.5, 0.6) is 0 Å². The fourth-order valence-electron chi connectivity index (χ4n) is 1.12. The third-order valence-corrected chi connectivity index (χ3v) is 2.09. The number of esters is 1. The molecule has 0 amide bonds. The minimum atomic E-state index is -0.527. The fourth-order valence-corrected chi connectivity index (χ4v) is 1.12. The van der Waals surface area contributed by atoms with Crippen molar-refractivity contribution in [2.45, 2.75) is 40.0 Å². The number of unbranched alkanes of at least 4 members (excludes halogenated alkanes) is 2. The van der Waals surface area contributed by atoms with Crippen LogP contribution in [0.4, 0.5) is 0 Å². The van der Waals surface area contributed by atoms with Gasteiger partial charge in [-0.05, 0) is 20.3 Å². The summed E-state index contributed by atoms with van der Waals surface area (Å²) < 4.78 is 10.1. The van der Waals surface area contributed by atoms with Crippen molar-refractivity contribution in [3.05, 3.63) is 0 Å². The molecule has 0 aromatic rings. The second-order valence-corrected chi connectivity index (χ2v) is 4.14. The molecule has 3 heteroatoms. The molecule has 0 N–H and O–H groups in total. The average Bonchev–Trinajstić information content (AvgIpc) is 2.16. The highest BCUT2D eigenvalue weighted by molar-refractivity contribution is 5.75. The highest BCUT2D eigenvalue weighted by Crippen LogP contribution is 2.17. The van der Waals surface area contributed by atoms with Crippen molar-refractivity contribution in [2.75, 3.05) is 20.3 Å². The predicted molar refractivity (Wildman–Crippen MR) is 56.1 cm³/mol.